The Morgan fingerprint density at radius 2 is 1.77 bits per heavy atom. The van der Waals surface area contributed by atoms with E-state index in [1.54, 1.807) is 5.06 Å². The zero-order valence-corrected chi connectivity index (χ0v) is 26.7. The number of hydrogen-bond acceptors (Lipinski definition) is 6. The lowest BCUT2D eigenvalue weighted by Gasteiger charge is -2.31. The smallest absolute Gasteiger partial charge is 0.328 e. The Kier molecular flexibility index (Phi) is 14.3. The van der Waals surface area contributed by atoms with Gasteiger partial charge < -0.3 is 25.4 Å². The molecule has 3 aromatic rings. The third kappa shape index (κ3) is 11.0. The van der Waals surface area contributed by atoms with Gasteiger partial charge in [-0.05, 0) is 100 Å². The zero-order valence-electron chi connectivity index (χ0n) is 25.9. The maximum atomic E-state index is 9.55. The van der Waals surface area contributed by atoms with E-state index in [0.717, 1.165) is 29.0 Å². The zero-order chi connectivity index (χ0) is 31.9. The summed E-state index contributed by atoms with van der Waals surface area (Å²) in [5, 5.41) is 21.1. The fourth-order valence-corrected chi connectivity index (χ4v) is 5.23. The number of carboxylic acids is 2. The fourth-order valence-electron chi connectivity index (χ4n) is 4.98. The Morgan fingerprint density at radius 1 is 1.09 bits per heavy atom. The largest absolute Gasteiger partial charge is 0.478 e. The van der Waals surface area contributed by atoms with Crippen molar-refractivity contribution in [3.63, 3.8) is 0 Å². The third-order valence-corrected chi connectivity index (χ3v) is 7.81. The number of unbranched alkanes of at least 4 members (excludes halogenated alkanes) is 3. The summed E-state index contributed by atoms with van der Waals surface area (Å²) >= 11 is 5.77. The van der Waals surface area contributed by atoms with Crippen LogP contribution in [0.1, 0.15) is 77.2 Å². The molecule has 1 atom stereocenters. The number of carbonyl (C=O) groups is 2. The monoisotopic (exact) mass is 623 g/mol. The number of piperidine rings is 1. The van der Waals surface area contributed by atoms with Crippen LogP contribution in [0.25, 0.3) is 11.0 Å². The molecule has 1 fully saturated rings. The second-order valence-corrected chi connectivity index (χ2v) is 11.3. The van der Waals surface area contributed by atoms with E-state index in [2.05, 4.69) is 41.3 Å². The number of nitrogens with zero attached hydrogens (tertiary/aromatic N) is 3. The maximum absolute atomic E-state index is 9.55. The Bertz CT molecular complexity index is 1360. The quantitative estimate of drug-likeness (QED) is 0.0685. The molecule has 1 aliphatic heterocycles. The molecule has 10 nitrogen and oxygen atoms in total. The minimum Gasteiger partial charge on any atom is -0.478 e. The number of nitrogens with one attached hydrogen (secondary N) is 2. The maximum Gasteiger partial charge on any atom is 0.328 e. The van der Waals surface area contributed by atoms with E-state index < -0.39 is 11.9 Å². The second kappa shape index (κ2) is 18.1. The van der Waals surface area contributed by atoms with E-state index in [1.165, 1.54) is 63.7 Å². The molecule has 0 radical (unpaired) electrons. The molecular weight excluding hydrogens is 578 g/mol. The van der Waals surface area contributed by atoms with Gasteiger partial charge in [0.05, 0.1) is 22.8 Å². The number of hydroxylamine groups is 1. The molecule has 0 spiro atoms. The van der Waals surface area contributed by atoms with Gasteiger partial charge in [0.15, 0.2) is 0 Å². The topological polar surface area (TPSA) is 131 Å². The van der Waals surface area contributed by atoms with Crippen molar-refractivity contribution in [2.45, 2.75) is 77.7 Å². The van der Waals surface area contributed by atoms with Crippen LogP contribution in [0.15, 0.2) is 60.8 Å². The number of anilines is 2. The molecule has 0 aliphatic carbocycles. The van der Waals surface area contributed by atoms with Crippen molar-refractivity contribution in [1.82, 2.24) is 14.9 Å². The summed E-state index contributed by atoms with van der Waals surface area (Å²) in [6.07, 6.45) is 11.9. The van der Waals surface area contributed by atoms with Gasteiger partial charge in [-0.3, -0.25) is 4.84 Å². The van der Waals surface area contributed by atoms with Crippen molar-refractivity contribution in [1.29, 1.82) is 0 Å². The van der Waals surface area contributed by atoms with Crippen LogP contribution in [0, 0.1) is 0 Å². The standard InChI is InChI=1S/C29H41N5OS.C4H4O4/c1-4-6-7-11-18-33-19-16-23(17-20-33)25-21-30-26-14-15-27(31-28(25)26)32-29(36)34(35-22(3)5-2)24-12-9-8-10-13-24;5-3(6)1-2-4(7)8/h8-10,12-15,21-23,30H,4-7,11,16-20H2,1-3H3,(H,31,32,36);1-2H,(H,5,6)(H,7,8). The summed E-state index contributed by atoms with van der Waals surface area (Å²) in [7, 11) is 0. The first-order valence-electron chi connectivity index (χ1n) is 15.4. The van der Waals surface area contributed by atoms with Gasteiger partial charge in [0.25, 0.3) is 0 Å². The molecule has 0 bridgehead atoms. The van der Waals surface area contributed by atoms with E-state index in [9.17, 15) is 9.59 Å². The van der Waals surface area contributed by atoms with Crippen LogP contribution >= 0.6 is 12.2 Å². The van der Waals surface area contributed by atoms with E-state index >= 15 is 0 Å². The number of rotatable bonds is 13. The molecule has 4 rings (SSSR count). The third-order valence-electron chi connectivity index (χ3n) is 7.55. The minimum absolute atomic E-state index is 0.0363. The number of para-hydroxylation sites is 1. The number of thiocarbonyl (C=S) groups is 1. The average Bonchev–Trinajstić information content (AvgIpc) is 3.45. The number of benzene rings is 1. The van der Waals surface area contributed by atoms with E-state index in [0.29, 0.717) is 23.2 Å². The molecule has 1 aliphatic rings. The molecule has 1 unspecified atom stereocenters. The molecule has 11 heteroatoms. The molecule has 0 saturated carbocycles. The van der Waals surface area contributed by atoms with Crippen molar-refractivity contribution >= 4 is 51.8 Å². The molecule has 1 aromatic carbocycles. The SMILES string of the molecule is CCCCCCN1CCC(c2c[nH]c3ccc(NC(=S)N(OC(C)CC)c4ccccc4)nc23)CC1.O=C(O)C=CC(=O)O. The first kappa shape index (κ1) is 34.7. The summed E-state index contributed by atoms with van der Waals surface area (Å²) in [5.41, 5.74) is 4.32. The number of hydrogen-bond donors (Lipinski definition) is 4. The van der Waals surface area contributed by atoms with E-state index in [-0.39, 0.29) is 6.10 Å². The highest BCUT2D eigenvalue weighted by Gasteiger charge is 2.24. The van der Waals surface area contributed by atoms with Crippen LogP contribution in [-0.2, 0) is 14.4 Å². The van der Waals surface area contributed by atoms with Crippen LogP contribution in [0.3, 0.4) is 0 Å². The highest BCUT2D eigenvalue weighted by Crippen LogP contribution is 2.33. The lowest BCUT2D eigenvalue weighted by Crippen LogP contribution is -2.37. The molecule has 44 heavy (non-hydrogen) atoms. The van der Waals surface area contributed by atoms with Crippen molar-refractivity contribution in [3.05, 3.63) is 66.4 Å². The Hall–Kier alpha value is -3.80. The fraction of sp³-hybridized carbons (Fsp3) is 0.455. The number of pyridine rings is 1. The van der Waals surface area contributed by atoms with Crippen LogP contribution in [-0.4, -0.2) is 67.9 Å². The van der Waals surface area contributed by atoms with E-state index in [1.807, 2.05) is 43.3 Å². The van der Waals surface area contributed by atoms with Crippen molar-refractivity contribution < 1.29 is 24.6 Å². The minimum atomic E-state index is -1.26. The van der Waals surface area contributed by atoms with Gasteiger partial charge >= 0.3 is 11.9 Å². The van der Waals surface area contributed by atoms with E-state index in [4.69, 9.17) is 32.3 Å². The molecule has 1 saturated heterocycles. The molecule has 238 valence electrons. The number of aromatic amines is 1. The number of aliphatic carboxylic acids is 2. The molecule has 2 aromatic heterocycles. The summed E-state index contributed by atoms with van der Waals surface area (Å²) in [6, 6.07) is 14.0. The predicted octanol–water partition coefficient (Wildman–Crippen LogP) is 6.97. The summed E-state index contributed by atoms with van der Waals surface area (Å²) < 4.78 is 0. The Labute approximate surface area is 265 Å². The molecule has 4 N–H and O–H groups in total. The number of likely N-dealkylation sites (tertiary alicyclic amines) is 1. The van der Waals surface area contributed by atoms with Crippen LogP contribution in [0.2, 0.25) is 0 Å². The summed E-state index contributed by atoms with van der Waals surface area (Å²) in [5.74, 6) is -1.25. The van der Waals surface area contributed by atoms with Gasteiger partial charge in [0.1, 0.15) is 5.82 Å². The Morgan fingerprint density at radius 3 is 2.39 bits per heavy atom. The predicted molar refractivity (Wildman–Crippen MR) is 179 cm³/mol. The summed E-state index contributed by atoms with van der Waals surface area (Å²) in [6.45, 7) is 10.0. The van der Waals surface area contributed by atoms with Crippen LogP contribution in [0.5, 0.6) is 0 Å². The van der Waals surface area contributed by atoms with Gasteiger partial charge in [-0.25, -0.2) is 14.6 Å². The number of aromatic nitrogens is 2. The first-order chi connectivity index (χ1) is 21.2. The number of H-pyrrole nitrogens is 1. The highest BCUT2D eigenvalue weighted by molar-refractivity contribution is 7.80. The van der Waals surface area contributed by atoms with Gasteiger partial charge in [0, 0.05) is 18.3 Å². The van der Waals surface area contributed by atoms with Crippen molar-refractivity contribution in [2.24, 2.45) is 0 Å². The lowest BCUT2D eigenvalue weighted by atomic mass is 9.90. The Balaban J connectivity index is 0.000000583. The van der Waals surface area contributed by atoms with Gasteiger partial charge in [-0.1, -0.05) is 51.3 Å². The van der Waals surface area contributed by atoms with Crippen LogP contribution < -0.4 is 10.4 Å². The van der Waals surface area contributed by atoms with Crippen molar-refractivity contribution in [2.75, 3.05) is 30.0 Å². The number of carboxylic acid groups (broad SMARTS) is 2. The summed E-state index contributed by atoms with van der Waals surface area (Å²) in [4.78, 5) is 36.3. The van der Waals surface area contributed by atoms with Gasteiger partial charge in [-0.15, -0.1) is 0 Å². The molecule has 0 amide bonds. The lowest BCUT2D eigenvalue weighted by molar-refractivity contribution is -0.134. The highest BCUT2D eigenvalue weighted by atomic mass is 32.1. The average molecular weight is 624 g/mol. The van der Waals surface area contributed by atoms with Gasteiger partial charge in [-0.2, -0.15) is 5.06 Å². The molecule has 3 heterocycles. The van der Waals surface area contributed by atoms with Crippen molar-refractivity contribution in [3.8, 4) is 0 Å². The molecular formula is C33H45N5O5S. The second-order valence-electron chi connectivity index (χ2n) is 10.9. The van der Waals surface area contributed by atoms with Crippen LogP contribution in [0.4, 0.5) is 11.5 Å². The normalized spacial score (nSPS) is 14.6. The first-order valence-corrected chi connectivity index (χ1v) is 15.8. The van der Waals surface area contributed by atoms with Gasteiger partial charge in [0.2, 0.25) is 5.11 Å². The number of fused-ring (bicyclic) bond motifs is 1.